The Morgan fingerprint density at radius 2 is 2.29 bits per heavy atom. The molecule has 1 N–H and O–H groups in total. The molecule has 1 aliphatic rings. The van der Waals surface area contributed by atoms with E-state index in [-0.39, 0.29) is 11.3 Å². The van der Waals surface area contributed by atoms with Gasteiger partial charge in [-0.25, -0.2) is 0 Å². The van der Waals surface area contributed by atoms with Gasteiger partial charge in [0, 0.05) is 21.2 Å². The zero-order chi connectivity index (χ0) is 12.4. The fraction of sp³-hybridized carbons (Fsp3) is 0.538. The van der Waals surface area contributed by atoms with Crippen molar-refractivity contribution in [2.24, 2.45) is 0 Å². The molecule has 1 aromatic rings. The van der Waals surface area contributed by atoms with Gasteiger partial charge in [0.2, 0.25) is 0 Å². The lowest BCUT2D eigenvalue weighted by molar-refractivity contribution is 0.478. The molecule has 0 saturated carbocycles. The van der Waals surface area contributed by atoms with Crippen LogP contribution >= 0.6 is 11.6 Å². The smallest absolute Gasteiger partial charge is 0.0562 e. The van der Waals surface area contributed by atoms with Crippen LogP contribution in [0.3, 0.4) is 0 Å². The van der Waals surface area contributed by atoms with Gasteiger partial charge in [0.05, 0.1) is 10.8 Å². The first-order chi connectivity index (χ1) is 8.13. The van der Waals surface area contributed by atoms with Gasteiger partial charge in [0.1, 0.15) is 0 Å². The van der Waals surface area contributed by atoms with Crippen LogP contribution in [0.25, 0.3) is 0 Å². The molecule has 2 nitrogen and oxygen atoms in total. The Kier molecular flexibility index (Phi) is 4.23. The minimum absolute atomic E-state index is 0.207. The maximum absolute atomic E-state index is 12.2. The highest BCUT2D eigenvalue weighted by atomic mass is 35.5. The highest BCUT2D eigenvalue weighted by molar-refractivity contribution is 7.85. The number of benzene rings is 1. The van der Waals surface area contributed by atoms with Crippen molar-refractivity contribution in [2.45, 2.75) is 42.9 Å². The Hall–Kier alpha value is -0.380. The van der Waals surface area contributed by atoms with Crippen LogP contribution in [0, 0.1) is 0 Å². The molecule has 3 atom stereocenters. The summed E-state index contributed by atoms with van der Waals surface area (Å²) in [6, 6.07) is 5.97. The van der Waals surface area contributed by atoms with Gasteiger partial charge in [-0.05, 0) is 43.1 Å². The molecule has 0 radical (unpaired) electrons. The largest absolute Gasteiger partial charge is 0.310 e. The van der Waals surface area contributed by atoms with Gasteiger partial charge in [-0.1, -0.05) is 25.4 Å². The number of hydrogen-bond donors (Lipinski definition) is 1. The maximum atomic E-state index is 12.2. The maximum Gasteiger partial charge on any atom is 0.0562 e. The number of halogens is 1. The molecule has 1 heterocycles. The summed E-state index contributed by atoms with van der Waals surface area (Å²) in [6.07, 6.45) is 2.02. The minimum Gasteiger partial charge on any atom is -0.310 e. The van der Waals surface area contributed by atoms with Gasteiger partial charge in [-0.15, -0.1) is 0 Å². The number of rotatable bonds is 3. The van der Waals surface area contributed by atoms with Crippen molar-refractivity contribution >= 4 is 22.4 Å². The topological polar surface area (TPSA) is 29.1 Å². The molecule has 0 aliphatic carbocycles. The van der Waals surface area contributed by atoms with Crippen molar-refractivity contribution in [1.29, 1.82) is 0 Å². The first-order valence-corrected chi connectivity index (χ1v) is 7.66. The molecule has 1 aliphatic heterocycles. The SMILES string of the molecule is CCCNC1CC(C)S(=O)c2ccc(Cl)cc21. The Labute approximate surface area is 110 Å². The molecule has 0 bridgehead atoms. The molecule has 0 amide bonds. The second-order valence-electron chi connectivity index (χ2n) is 4.53. The van der Waals surface area contributed by atoms with Crippen molar-refractivity contribution in [1.82, 2.24) is 5.32 Å². The molecule has 0 aromatic heterocycles. The first-order valence-electron chi connectivity index (χ1n) is 6.07. The fourth-order valence-corrected chi connectivity index (χ4v) is 3.87. The van der Waals surface area contributed by atoms with E-state index in [4.69, 9.17) is 11.6 Å². The Morgan fingerprint density at radius 1 is 1.53 bits per heavy atom. The quantitative estimate of drug-likeness (QED) is 0.914. The number of fused-ring (bicyclic) bond motifs is 1. The van der Waals surface area contributed by atoms with E-state index >= 15 is 0 Å². The zero-order valence-corrected chi connectivity index (χ0v) is 11.8. The average molecular weight is 272 g/mol. The van der Waals surface area contributed by atoms with E-state index in [2.05, 4.69) is 12.2 Å². The van der Waals surface area contributed by atoms with Crippen molar-refractivity contribution in [3.63, 3.8) is 0 Å². The van der Waals surface area contributed by atoms with Crippen molar-refractivity contribution in [2.75, 3.05) is 6.54 Å². The van der Waals surface area contributed by atoms with Gasteiger partial charge in [0.15, 0.2) is 0 Å². The third kappa shape index (κ3) is 2.72. The highest BCUT2D eigenvalue weighted by Gasteiger charge is 2.29. The molecule has 17 heavy (non-hydrogen) atoms. The Morgan fingerprint density at radius 3 is 3.00 bits per heavy atom. The van der Waals surface area contributed by atoms with Crippen LogP contribution in [0.15, 0.2) is 23.1 Å². The molecule has 2 rings (SSSR count). The van der Waals surface area contributed by atoms with E-state index in [1.807, 2.05) is 25.1 Å². The molecule has 3 unspecified atom stereocenters. The summed E-state index contributed by atoms with van der Waals surface area (Å²) in [5, 5.41) is 4.44. The van der Waals surface area contributed by atoms with E-state index in [0.717, 1.165) is 34.9 Å². The van der Waals surface area contributed by atoms with Crippen LogP contribution in [0.2, 0.25) is 5.02 Å². The van der Waals surface area contributed by atoms with Crippen molar-refractivity contribution < 1.29 is 4.21 Å². The monoisotopic (exact) mass is 271 g/mol. The Bertz CT molecular complexity index is 435. The van der Waals surface area contributed by atoms with Crippen molar-refractivity contribution in [3.05, 3.63) is 28.8 Å². The van der Waals surface area contributed by atoms with Crippen LogP contribution in [-0.4, -0.2) is 16.0 Å². The lowest BCUT2D eigenvalue weighted by Crippen LogP contribution is -2.32. The summed E-state index contributed by atoms with van der Waals surface area (Å²) >= 11 is 6.03. The molecule has 1 aromatic carbocycles. The van der Waals surface area contributed by atoms with Crippen LogP contribution in [0.1, 0.15) is 38.3 Å². The second-order valence-corrected chi connectivity index (χ2v) is 6.81. The van der Waals surface area contributed by atoms with E-state index in [1.54, 1.807) is 0 Å². The summed E-state index contributed by atoms with van der Waals surface area (Å²) in [6.45, 7) is 5.18. The van der Waals surface area contributed by atoms with Gasteiger partial charge in [-0.2, -0.15) is 0 Å². The predicted octanol–water partition coefficient (Wildman–Crippen LogP) is 3.28. The van der Waals surface area contributed by atoms with Crippen LogP contribution < -0.4 is 5.32 Å². The molecule has 94 valence electrons. The van der Waals surface area contributed by atoms with E-state index < -0.39 is 10.8 Å². The summed E-state index contributed by atoms with van der Waals surface area (Å²) in [5.74, 6) is 0. The lowest BCUT2D eigenvalue weighted by atomic mass is 10.0. The van der Waals surface area contributed by atoms with E-state index in [0.29, 0.717) is 0 Å². The normalized spacial score (nSPS) is 27.8. The van der Waals surface area contributed by atoms with Gasteiger partial charge in [0.25, 0.3) is 0 Å². The number of hydrogen-bond acceptors (Lipinski definition) is 2. The zero-order valence-electron chi connectivity index (χ0n) is 10.2. The highest BCUT2D eigenvalue weighted by Crippen LogP contribution is 2.35. The van der Waals surface area contributed by atoms with Crippen molar-refractivity contribution in [3.8, 4) is 0 Å². The minimum atomic E-state index is -0.893. The molecule has 0 saturated heterocycles. The molecule has 0 spiro atoms. The second kappa shape index (κ2) is 5.51. The Balaban J connectivity index is 2.35. The van der Waals surface area contributed by atoms with Gasteiger partial charge >= 0.3 is 0 Å². The van der Waals surface area contributed by atoms with Gasteiger partial charge in [-0.3, -0.25) is 4.21 Å². The summed E-state index contributed by atoms with van der Waals surface area (Å²) in [4.78, 5) is 0.946. The molecular weight excluding hydrogens is 254 g/mol. The van der Waals surface area contributed by atoms with Crippen LogP contribution in [0.5, 0.6) is 0 Å². The lowest BCUT2D eigenvalue weighted by Gasteiger charge is -2.30. The average Bonchev–Trinajstić information content (AvgIpc) is 2.32. The first kappa shape index (κ1) is 13.1. The van der Waals surface area contributed by atoms with Crippen LogP contribution in [0.4, 0.5) is 0 Å². The summed E-state index contributed by atoms with van der Waals surface area (Å²) in [5.41, 5.74) is 1.11. The van der Waals surface area contributed by atoms with Crippen LogP contribution in [-0.2, 0) is 10.8 Å². The predicted molar refractivity (Wildman–Crippen MR) is 73.0 cm³/mol. The third-order valence-corrected chi connectivity index (χ3v) is 5.10. The summed E-state index contributed by atoms with van der Waals surface area (Å²) in [7, 11) is -0.893. The van der Waals surface area contributed by atoms with Gasteiger partial charge < -0.3 is 5.32 Å². The molecule has 0 fully saturated rings. The number of nitrogens with one attached hydrogen (secondary N) is 1. The summed E-state index contributed by atoms with van der Waals surface area (Å²) < 4.78 is 12.2. The molecular formula is C13H18ClNOS. The fourth-order valence-electron chi connectivity index (χ4n) is 2.25. The van der Waals surface area contributed by atoms with E-state index in [9.17, 15) is 4.21 Å². The molecule has 4 heteroatoms. The van der Waals surface area contributed by atoms with E-state index in [1.165, 1.54) is 0 Å². The standard InChI is InChI=1S/C13H18ClNOS/c1-3-6-15-12-7-9(2)17(16)13-5-4-10(14)8-11(12)13/h4-5,8-9,12,15H,3,6-7H2,1-2H3. The third-order valence-electron chi connectivity index (χ3n) is 3.14.